The Morgan fingerprint density at radius 2 is 0.644 bits per heavy atom. The van der Waals surface area contributed by atoms with Crippen LogP contribution in [0.15, 0.2) is 163 Å². The van der Waals surface area contributed by atoms with Gasteiger partial charge in [-0.25, -0.2) is 0 Å². The number of nitrogens with zero attached hydrogens (tertiary/aromatic N) is 1. The van der Waals surface area contributed by atoms with Crippen molar-refractivity contribution >= 4 is 6.21 Å². The van der Waals surface area contributed by atoms with Gasteiger partial charge in [-0.1, -0.05) is 168 Å². The Labute approximate surface area is 441 Å². The summed E-state index contributed by atoms with van der Waals surface area (Å²) >= 11 is 0. The summed E-state index contributed by atoms with van der Waals surface area (Å²) in [5, 5.41) is 3.75. The van der Waals surface area contributed by atoms with Crippen LogP contribution in [-0.4, -0.2) is 33.1 Å². The second-order valence-electron chi connectivity index (χ2n) is 15.8. The molecule has 6 rings (SSSR count). The zero-order valence-corrected chi connectivity index (χ0v) is 47.1. The van der Waals surface area contributed by atoms with Gasteiger partial charge in [0.25, 0.3) is 0 Å². The first kappa shape index (κ1) is 63.8. The minimum Gasteiger partial charge on any atom is -0.490 e. The predicted molar refractivity (Wildman–Crippen MR) is 310 cm³/mol. The van der Waals surface area contributed by atoms with Gasteiger partial charge < -0.3 is 33.3 Å². The highest BCUT2D eigenvalue weighted by molar-refractivity contribution is 5.79. The number of hydrogen-bond donors (Lipinski definition) is 0. The van der Waals surface area contributed by atoms with Crippen LogP contribution in [0.1, 0.15) is 118 Å². The van der Waals surface area contributed by atoms with E-state index in [1.54, 1.807) is 6.21 Å². The van der Waals surface area contributed by atoms with Crippen molar-refractivity contribution in [3.05, 3.63) is 213 Å². The van der Waals surface area contributed by atoms with Crippen LogP contribution in [-0.2, 0) is 24.7 Å². The van der Waals surface area contributed by atoms with E-state index in [1.807, 2.05) is 210 Å². The average molecular weight is 994 g/mol. The number of oxime groups is 1. The number of aryl methyl sites for hydroxylation is 6. The molecule has 0 atom stereocenters. The quantitative estimate of drug-likeness (QED) is 0.0428. The van der Waals surface area contributed by atoms with Crippen molar-refractivity contribution in [3.8, 4) is 34.5 Å². The summed E-state index contributed by atoms with van der Waals surface area (Å²) < 4.78 is 35.0. The maximum absolute atomic E-state index is 6.03. The molecule has 0 saturated heterocycles. The molecular weight excluding hydrogens is 907 g/mol. The van der Waals surface area contributed by atoms with Crippen molar-refractivity contribution in [1.82, 2.24) is 0 Å². The summed E-state index contributed by atoms with van der Waals surface area (Å²) in [5.41, 5.74) is 11.0. The summed E-state index contributed by atoms with van der Waals surface area (Å²) in [7, 11) is 1.53. The highest BCUT2D eigenvalue weighted by Crippen LogP contribution is 2.31. The Morgan fingerprint density at radius 3 is 0.904 bits per heavy atom. The molecule has 0 N–H and O–H groups in total. The molecule has 8 heteroatoms. The second-order valence-corrected chi connectivity index (χ2v) is 15.8. The predicted octanol–water partition coefficient (Wildman–Crippen LogP) is 17.6. The molecule has 8 nitrogen and oxygen atoms in total. The van der Waals surface area contributed by atoms with Gasteiger partial charge in [0.2, 0.25) is 0 Å². The molecule has 0 radical (unpaired) electrons. The van der Waals surface area contributed by atoms with Crippen molar-refractivity contribution in [2.24, 2.45) is 5.16 Å². The normalized spacial score (nSPS) is 10.3. The fourth-order valence-electron chi connectivity index (χ4n) is 6.81. The van der Waals surface area contributed by atoms with E-state index in [1.165, 1.54) is 18.2 Å². The van der Waals surface area contributed by atoms with Crippen molar-refractivity contribution in [3.63, 3.8) is 0 Å². The summed E-state index contributed by atoms with van der Waals surface area (Å²) in [6.45, 7) is 33.7. The molecule has 0 spiro atoms. The Balaban J connectivity index is 0.000000522. The van der Waals surface area contributed by atoms with E-state index in [4.69, 9.17) is 28.4 Å². The van der Waals surface area contributed by atoms with Crippen molar-refractivity contribution < 1.29 is 33.3 Å². The van der Waals surface area contributed by atoms with E-state index < -0.39 is 0 Å². The van der Waals surface area contributed by atoms with Gasteiger partial charge in [-0.3, -0.25) is 0 Å². The standard InChI is InChI=1S/C21H25NO3.2C19H22O2.3C2H6/c1-5-6-11-24-20-12-16(2)21(17(3)13-20)25-15-19-9-7-18(8-10-19)14-22-23-4;2*1-4-5-11-20-18-12-15(2)19(16(3)13-18)21-14-17-9-7-6-8-10-17;3*1-2/h5-10,12-14H,11,15H2,1-4H3;2*4-10,12-13H,11,14H2,1-3H3;3*1-2H3/b6-5+,22-14-;2*5-4+;;;. The molecule has 0 aliphatic rings. The summed E-state index contributed by atoms with van der Waals surface area (Å²) in [6, 6.07) is 40.5. The van der Waals surface area contributed by atoms with Gasteiger partial charge in [0.1, 0.15) is 81.2 Å². The zero-order valence-electron chi connectivity index (χ0n) is 47.1. The van der Waals surface area contributed by atoms with Gasteiger partial charge in [0.15, 0.2) is 0 Å². The number of hydrogen-bond acceptors (Lipinski definition) is 8. The van der Waals surface area contributed by atoms with Crippen LogP contribution < -0.4 is 28.4 Å². The molecule has 394 valence electrons. The monoisotopic (exact) mass is 994 g/mol. The molecule has 6 aromatic carbocycles. The van der Waals surface area contributed by atoms with Gasteiger partial charge in [-0.2, -0.15) is 0 Å². The van der Waals surface area contributed by atoms with Crippen LogP contribution in [0.25, 0.3) is 0 Å². The molecule has 6 aromatic rings. The van der Waals surface area contributed by atoms with E-state index in [-0.39, 0.29) is 0 Å². The van der Waals surface area contributed by atoms with Gasteiger partial charge >= 0.3 is 0 Å². The molecule has 0 saturated carbocycles. The molecule has 0 aliphatic carbocycles. The maximum Gasteiger partial charge on any atom is 0.125 e. The SMILES string of the molecule is C/C=C/COc1cc(C)c(OCc2ccc(/C=N\OC)cc2)c(C)c1.C/C=C/COc1cc(C)c(OCc2ccccc2)c(C)c1.C/C=C/COc1cc(C)c(OCc2ccccc2)c(C)c1.CC.CC.CC. The lowest BCUT2D eigenvalue weighted by molar-refractivity contribution is 0.215. The molecule has 0 heterocycles. The molecule has 0 fully saturated rings. The number of rotatable bonds is 20. The number of benzene rings is 6. The lowest BCUT2D eigenvalue weighted by Gasteiger charge is -2.14. The Morgan fingerprint density at radius 1 is 0.370 bits per heavy atom. The first-order valence-electron chi connectivity index (χ1n) is 25.7. The highest BCUT2D eigenvalue weighted by Gasteiger charge is 2.10. The number of allylic oxidation sites excluding steroid dienone is 3. The first-order valence-corrected chi connectivity index (χ1v) is 25.7. The van der Waals surface area contributed by atoms with Crippen LogP contribution in [0.3, 0.4) is 0 Å². The fourth-order valence-corrected chi connectivity index (χ4v) is 6.81. The van der Waals surface area contributed by atoms with Crippen molar-refractivity contribution in [1.29, 1.82) is 0 Å². The molecule has 0 amide bonds. The van der Waals surface area contributed by atoms with Crippen LogP contribution in [0, 0.1) is 41.5 Å². The van der Waals surface area contributed by atoms with E-state index in [0.717, 1.165) is 79.0 Å². The van der Waals surface area contributed by atoms with Gasteiger partial charge in [-0.05, 0) is 154 Å². The van der Waals surface area contributed by atoms with Crippen molar-refractivity contribution in [2.75, 3.05) is 26.9 Å². The van der Waals surface area contributed by atoms with E-state index in [2.05, 4.69) is 62.0 Å². The molecule has 0 aliphatic heterocycles. The van der Waals surface area contributed by atoms with Gasteiger partial charge in [0.05, 0.1) is 6.21 Å². The van der Waals surface area contributed by atoms with Crippen LogP contribution in [0.5, 0.6) is 34.5 Å². The number of ether oxygens (including phenoxy) is 6. The van der Waals surface area contributed by atoms with E-state index >= 15 is 0 Å². The third-order valence-corrected chi connectivity index (χ3v) is 10.2. The largest absolute Gasteiger partial charge is 0.490 e. The average Bonchev–Trinajstić information content (AvgIpc) is 3.40. The highest BCUT2D eigenvalue weighted by atomic mass is 16.6. The molecule has 0 bridgehead atoms. The molecular formula is C65H87NO7. The maximum atomic E-state index is 6.03. The second kappa shape index (κ2) is 39.4. The molecule has 73 heavy (non-hydrogen) atoms. The third kappa shape index (κ3) is 25.2. The first-order chi connectivity index (χ1) is 35.5. The van der Waals surface area contributed by atoms with E-state index in [0.29, 0.717) is 39.6 Å². The Bertz CT molecular complexity index is 2310. The van der Waals surface area contributed by atoms with E-state index in [9.17, 15) is 0 Å². The molecule has 0 unspecified atom stereocenters. The summed E-state index contributed by atoms with van der Waals surface area (Å²) in [4.78, 5) is 4.68. The van der Waals surface area contributed by atoms with Gasteiger partial charge in [0, 0.05) is 0 Å². The van der Waals surface area contributed by atoms with Gasteiger partial charge in [-0.15, -0.1) is 0 Å². The Kier molecular flexibility index (Phi) is 34.5. The van der Waals surface area contributed by atoms with Crippen LogP contribution in [0.4, 0.5) is 0 Å². The fraction of sp³-hybridized carbons (Fsp3) is 0.338. The summed E-state index contributed by atoms with van der Waals surface area (Å²) in [6.07, 6.45) is 13.6. The van der Waals surface area contributed by atoms with Crippen LogP contribution in [0.2, 0.25) is 0 Å². The lowest BCUT2D eigenvalue weighted by Crippen LogP contribution is -2.01. The smallest absolute Gasteiger partial charge is 0.125 e. The van der Waals surface area contributed by atoms with Crippen molar-refractivity contribution in [2.45, 2.75) is 124 Å². The topological polar surface area (TPSA) is 77.0 Å². The van der Waals surface area contributed by atoms with Crippen LogP contribution >= 0.6 is 0 Å². The minimum absolute atomic E-state index is 0.516. The summed E-state index contributed by atoms with van der Waals surface area (Å²) in [5.74, 6) is 5.42. The lowest BCUT2D eigenvalue weighted by atomic mass is 10.1. The molecule has 0 aromatic heterocycles. The minimum atomic E-state index is 0.516. The zero-order chi connectivity index (χ0) is 54.2. The Hall–Kier alpha value is -7.19. The third-order valence-electron chi connectivity index (χ3n) is 10.2.